The summed E-state index contributed by atoms with van der Waals surface area (Å²) >= 11 is 5.92. The summed E-state index contributed by atoms with van der Waals surface area (Å²) in [5, 5.41) is 8.24. The molecule has 0 saturated carbocycles. The first-order valence-corrected chi connectivity index (χ1v) is 7.76. The van der Waals surface area contributed by atoms with Crippen LogP contribution in [0.4, 0.5) is 21.5 Å². The van der Waals surface area contributed by atoms with Crippen molar-refractivity contribution in [3.8, 4) is 0 Å². The van der Waals surface area contributed by atoms with Crippen LogP contribution in [0.15, 0.2) is 35.2 Å². The molecule has 5 nitrogen and oxygen atoms in total. The van der Waals surface area contributed by atoms with E-state index < -0.39 is 15.8 Å². The van der Waals surface area contributed by atoms with Gasteiger partial charge in [-0.2, -0.15) is 0 Å². The molecule has 0 bridgehead atoms. The Labute approximate surface area is 126 Å². The number of halogens is 2. The third-order valence-electron chi connectivity index (χ3n) is 2.89. The fraction of sp³-hybridized carbons (Fsp3) is 0.0769. The average Bonchev–Trinajstić information content (AvgIpc) is 2.35. The standard InChI is InChI=1S/C13H13ClFN3O2S/c1-7-12(5-9(16)6-13(7)21(17,19)20)18-11-3-2-8(15)4-10(11)14/h2-6,18H,16H2,1H3,(H2,17,19,20). The van der Waals surface area contributed by atoms with Crippen LogP contribution in [0.2, 0.25) is 5.02 Å². The zero-order valence-corrected chi connectivity index (χ0v) is 12.6. The summed E-state index contributed by atoms with van der Waals surface area (Å²) in [6, 6.07) is 6.64. The van der Waals surface area contributed by atoms with E-state index in [0.29, 0.717) is 16.9 Å². The Morgan fingerprint density at radius 3 is 2.43 bits per heavy atom. The Hall–Kier alpha value is -1.83. The van der Waals surface area contributed by atoms with Crippen LogP contribution in [0.3, 0.4) is 0 Å². The van der Waals surface area contributed by atoms with Crippen molar-refractivity contribution in [2.45, 2.75) is 11.8 Å². The minimum absolute atomic E-state index is 0.0803. The largest absolute Gasteiger partial charge is 0.399 e. The number of hydrogen-bond donors (Lipinski definition) is 3. The molecule has 112 valence electrons. The zero-order valence-electron chi connectivity index (χ0n) is 11.0. The van der Waals surface area contributed by atoms with Gasteiger partial charge < -0.3 is 11.1 Å². The lowest BCUT2D eigenvalue weighted by molar-refractivity contribution is 0.597. The smallest absolute Gasteiger partial charge is 0.238 e. The van der Waals surface area contributed by atoms with Crippen molar-refractivity contribution >= 4 is 38.7 Å². The number of primary sulfonamides is 1. The number of nitrogens with two attached hydrogens (primary N) is 2. The van der Waals surface area contributed by atoms with Crippen molar-refractivity contribution in [1.29, 1.82) is 0 Å². The molecule has 8 heteroatoms. The first-order chi connectivity index (χ1) is 9.68. The first-order valence-electron chi connectivity index (χ1n) is 5.83. The molecule has 2 aromatic rings. The van der Waals surface area contributed by atoms with Gasteiger partial charge in [-0.1, -0.05) is 11.6 Å². The van der Waals surface area contributed by atoms with Gasteiger partial charge in [-0.3, -0.25) is 0 Å². The summed E-state index contributed by atoms with van der Waals surface area (Å²) < 4.78 is 36.1. The van der Waals surface area contributed by atoms with E-state index in [2.05, 4.69) is 5.32 Å². The summed E-state index contributed by atoms with van der Waals surface area (Å²) in [6.45, 7) is 1.58. The van der Waals surface area contributed by atoms with Crippen LogP contribution >= 0.6 is 11.6 Å². The Kier molecular flexibility index (Phi) is 4.08. The molecule has 0 saturated heterocycles. The van der Waals surface area contributed by atoms with Crippen molar-refractivity contribution in [1.82, 2.24) is 0 Å². The number of nitrogen functional groups attached to an aromatic ring is 1. The van der Waals surface area contributed by atoms with E-state index in [0.717, 1.165) is 6.07 Å². The number of sulfonamides is 1. The molecule has 0 heterocycles. The predicted octanol–water partition coefficient (Wildman–Crippen LogP) is 2.76. The van der Waals surface area contributed by atoms with Crippen LogP contribution in [0.25, 0.3) is 0 Å². The molecule has 0 spiro atoms. The molecule has 0 aromatic heterocycles. The second kappa shape index (κ2) is 5.51. The highest BCUT2D eigenvalue weighted by atomic mass is 35.5. The van der Waals surface area contributed by atoms with E-state index in [4.69, 9.17) is 22.5 Å². The minimum Gasteiger partial charge on any atom is -0.399 e. The molecule has 0 radical (unpaired) electrons. The van der Waals surface area contributed by atoms with E-state index in [1.54, 1.807) is 13.0 Å². The van der Waals surface area contributed by atoms with Gasteiger partial charge in [0, 0.05) is 11.4 Å². The van der Waals surface area contributed by atoms with Gasteiger partial charge in [0.1, 0.15) is 5.82 Å². The summed E-state index contributed by atoms with van der Waals surface area (Å²) in [5.41, 5.74) is 7.16. The maximum atomic E-state index is 13.0. The molecule has 0 aliphatic carbocycles. The fourth-order valence-electron chi connectivity index (χ4n) is 1.87. The van der Waals surface area contributed by atoms with Crippen LogP contribution < -0.4 is 16.2 Å². The molecule has 0 atom stereocenters. The number of nitrogens with one attached hydrogen (secondary N) is 1. The number of rotatable bonds is 3. The van der Waals surface area contributed by atoms with E-state index >= 15 is 0 Å². The fourth-order valence-corrected chi connectivity index (χ4v) is 2.92. The van der Waals surface area contributed by atoms with Crippen LogP contribution in [0.1, 0.15) is 5.56 Å². The van der Waals surface area contributed by atoms with Crippen molar-refractivity contribution in [3.63, 3.8) is 0 Å². The normalized spacial score (nSPS) is 11.4. The summed E-state index contributed by atoms with van der Waals surface area (Å²) in [5.74, 6) is -0.472. The molecule has 0 fully saturated rings. The van der Waals surface area contributed by atoms with Crippen LogP contribution in [-0.4, -0.2) is 8.42 Å². The van der Waals surface area contributed by atoms with E-state index in [9.17, 15) is 12.8 Å². The van der Waals surface area contributed by atoms with Gasteiger partial charge in [0.25, 0.3) is 0 Å². The minimum atomic E-state index is -3.90. The molecular formula is C13H13ClFN3O2S. The Morgan fingerprint density at radius 1 is 1.19 bits per heavy atom. The Bertz CT molecular complexity index is 809. The highest BCUT2D eigenvalue weighted by Crippen LogP contribution is 2.31. The van der Waals surface area contributed by atoms with Crippen LogP contribution in [0.5, 0.6) is 0 Å². The summed E-state index contributed by atoms with van der Waals surface area (Å²) in [4.78, 5) is -0.0803. The molecule has 0 aliphatic rings. The van der Waals surface area contributed by atoms with Crippen molar-refractivity contribution in [3.05, 3.63) is 46.7 Å². The van der Waals surface area contributed by atoms with Gasteiger partial charge in [-0.15, -0.1) is 0 Å². The van der Waals surface area contributed by atoms with Gasteiger partial charge in [-0.25, -0.2) is 17.9 Å². The Morgan fingerprint density at radius 2 is 1.86 bits per heavy atom. The van der Waals surface area contributed by atoms with Crippen molar-refractivity contribution in [2.75, 3.05) is 11.1 Å². The average molecular weight is 330 g/mol. The molecule has 0 amide bonds. The molecule has 21 heavy (non-hydrogen) atoms. The van der Waals surface area contributed by atoms with Gasteiger partial charge in [0.05, 0.1) is 15.6 Å². The number of anilines is 3. The highest BCUT2D eigenvalue weighted by molar-refractivity contribution is 7.89. The van der Waals surface area contributed by atoms with Crippen molar-refractivity contribution < 1.29 is 12.8 Å². The van der Waals surface area contributed by atoms with Crippen LogP contribution in [0, 0.1) is 12.7 Å². The molecule has 2 aromatic carbocycles. The highest BCUT2D eigenvalue weighted by Gasteiger charge is 2.16. The van der Waals surface area contributed by atoms with Gasteiger partial charge >= 0.3 is 0 Å². The molecule has 2 rings (SSSR count). The third kappa shape index (κ3) is 3.44. The first kappa shape index (κ1) is 15.6. The van der Waals surface area contributed by atoms with Gasteiger partial charge in [-0.05, 0) is 42.8 Å². The van der Waals surface area contributed by atoms with Gasteiger partial charge in [0.15, 0.2) is 0 Å². The Balaban J connectivity index is 2.52. The molecule has 0 aliphatic heterocycles. The van der Waals surface area contributed by atoms with E-state index in [-0.39, 0.29) is 15.6 Å². The number of benzene rings is 2. The molecule has 5 N–H and O–H groups in total. The maximum Gasteiger partial charge on any atom is 0.238 e. The van der Waals surface area contributed by atoms with Crippen molar-refractivity contribution in [2.24, 2.45) is 5.14 Å². The second-order valence-corrected chi connectivity index (χ2v) is 6.42. The molecular weight excluding hydrogens is 317 g/mol. The monoisotopic (exact) mass is 329 g/mol. The molecule has 0 unspecified atom stereocenters. The predicted molar refractivity (Wildman–Crippen MR) is 81.7 cm³/mol. The quantitative estimate of drug-likeness (QED) is 0.754. The SMILES string of the molecule is Cc1c(Nc2ccc(F)cc2Cl)cc(N)cc1S(N)(=O)=O. The second-order valence-electron chi connectivity index (χ2n) is 4.49. The summed E-state index contributed by atoms with van der Waals surface area (Å²) in [6.07, 6.45) is 0. The van der Waals surface area contributed by atoms with Gasteiger partial charge in [0.2, 0.25) is 10.0 Å². The third-order valence-corrected chi connectivity index (χ3v) is 4.24. The zero-order chi connectivity index (χ0) is 15.8. The maximum absolute atomic E-state index is 13.0. The van der Waals surface area contributed by atoms with Crippen LogP contribution in [-0.2, 0) is 10.0 Å². The van der Waals surface area contributed by atoms with E-state index in [1.165, 1.54) is 18.2 Å². The lowest BCUT2D eigenvalue weighted by Gasteiger charge is -2.14. The summed E-state index contributed by atoms with van der Waals surface area (Å²) in [7, 11) is -3.90. The topological polar surface area (TPSA) is 98.2 Å². The lowest BCUT2D eigenvalue weighted by Crippen LogP contribution is -2.15. The number of hydrogen-bond acceptors (Lipinski definition) is 4. The lowest BCUT2D eigenvalue weighted by atomic mass is 10.1. The van der Waals surface area contributed by atoms with E-state index in [1.807, 2.05) is 0 Å².